The molecule has 0 unspecified atom stereocenters. The van der Waals surface area contributed by atoms with E-state index in [-0.39, 0.29) is 19.6 Å². The number of nitrogens with zero attached hydrogens (tertiary/aromatic N) is 1. The van der Waals surface area contributed by atoms with Gasteiger partial charge in [-0.05, 0) is 12.1 Å². The van der Waals surface area contributed by atoms with Crippen molar-refractivity contribution in [3.63, 3.8) is 0 Å². The Hall–Kier alpha value is -0.960. The molecule has 0 aromatic carbocycles. The van der Waals surface area contributed by atoms with Crippen molar-refractivity contribution in [1.29, 1.82) is 0 Å². The molecule has 1 aromatic heterocycles. The Bertz CT molecular complexity index is 349. The molecule has 2 heterocycles. The van der Waals surface area contributed by atoms with E-state index in [4.69, 9.17) is 4.42 Å². The molecule has 1 saturated heterocycles. The van der Waals surface area contributed by atoms with Gasteiger partial charge in [-0.2, -0.15) is 0 Å². The summed E-state index contributed by atoms with van der Waals surface area (Å²) in [5.41, 5.74) is 0. The second kappa shape index (κ2) is 3.81. The first kappa shape index (κ1) is 11.5. The molecule has 0 atom stereocenters. The summed E-state index contributed by atoms with van der Waals surface area (Å²) in [5.74, 6) is -5.03. The lowest BCUT2D eigenvalue weighted by Gasteiger charge is -2.46. The molecule has 1 aliphatic rings. The minimum atomic E-state index is -2.77. The Labute approximate surface area is 91.5 Å². The molecule has 1 aliphatic heterocycles. The van der Waals surface area contributed by atoms with Crippen LogP contribution in [0.5, 0.6) is 0 Å². The van der Waals surface area contributed by atoms with Gasteiger partial charge in [-0.1, -0.05) is 0 Å². The highest BCUT2D eigenvalue weighted by Gasteiger charge is 2.54. The van der Waals surface area contributed by atoms with Crippen LogP contribution in [0.25, 0.3) is 0 Å². The van der Waals surface area contributed by atoms with E-state index < -0.39 is 11.8 Å². The predicted molar refractivity (Wildman–Crippen MR) is 51.5 cm³/mol. The van der Waals surface area contributed by atoms with E-state index in [9.17, 15) is 20.4 Å². The van der Waals surface area contributed by atoms with Crippen molar-refractivity contribution in [3.05, 3.63) is 24.2 Å². The van der Waals surface area contributed by atoms with E-state index in [1.54, 1.807) is 12.1 Å². The number of piperazine rings is 1. The third kappa shape index (κ3) is 1.84. The SMILES string of the molecule is OC1(O)NCCN(Cc2ccco2)C1(O)O. The van der Waals surface area contributed by atoms with E-state index in [0.717, 1.165) is 4.90 Å². The molecule has 7 heteroatoms. The Morgan fingerprint density at radius 1 is 1.38 bits per heavy atom. The van der Waals surface area contributed by atoms with Gasteiger partial charge in [-0.3, -0.25) is 5.32 Å². The fraction of sp³-hybridized carbons (Fsp3) is 0.556. The minimum absolute atomic E-state index is 0.0740. The molecule has 0 bridgehead atoms. The van der Waals surface area contributed by atoms with Gasteiger partial charge < -0.3 is 24.8 Å². The Morgan fingerprint density at radius 2 is 2.12 bits per heavy atom. The lowest BCUT2D eigenvalue weighted by molar-refractivity contribution is -0.436. The standard InChI is InChI=1S/C9H14N2O5/c12-8(13)9(14,15)11(4-3-10-8)6-7-2-1-5-16-7/h1-2,5,10,12-15H,3-4,6H2. The second-order valence-electron chi connectivity index (χ2n) is 3.74. The maximum Gasteiger partial charge on any atom is 0.298 e. The van der Waals surface area contributed by atoms with Crippen molar-refractivity contribution in [3.8, 4) is 0 Å². The zero-order chi connectivity index (χ0) is 11.8. The fourth-order valence-corrected chi connectivity index (χ4v) is 1.64. The Kier molecular flexibility index (Phi) is 2.74. The number of hydrogen-bond acceptors (Lipinski definition) is 7. The van der Waals surface area contributed by atoms with Crippen molar-refractivity contribution in [2.24, 2.45) is 0 Å². The Morgan fingerprint density at radius 3 is 2.75 bits per heavy atom. The fourth-order valence-electron chi connectivity index (χ4n) is 1.64. The molecule has 0 saturated carbocycles. The third-order valence-electron chi connectivity index (χ3n) is 2.59. The normalized spacial score (nSPS) is 24.5. The zero-order valence-corrected chi connectivity index (χ0v) is 8.50. The molecule has 1 aromatic rings. The van der Waals surface area contributed by atoms with Crippen LogP contribution in [-0.2, 0) is 6.54 Å². The summed E-state index contributed by atoms with van der Waals surface area (Å²) in [6.07, 6.45) is 1.46. The molecular weight excluding hydrogens is 216 g/mol. The lowest BCUT2D eigenvalue weighted by Crippen LogP contribution is -2.75. The predicted octanol–water partition coefficient (Wildman–Crippen LogP) is -2.04. The second-order valence-corrected chi connectivity index (χ2v) is 3.74. The molecule has 1 fully saturated rings. The first-order valence-corrected chi connectivity index (χ1v) is 4.85. The summed E-state index contributed by atoms with van der Waals surface area (Å²) < 4.78 is 5.05. The molecule has 90 valence electrons. The van der Waals surface area contributed by atoms with Gasteiger partial charge in [0.05, 0.1) is 12.8 Å². The summed E-state index contributed by atoms with van der Waals surface area (Å²) in [6, 6.07) is 3.33. The average Bonchev–Trinajstić information content (AvgIpc) is 2.66. The van der Waals surface area contributed by atoms with Crippen molar-refractivity contribution in [1.82, 2.24) is 10.2 Å². The van der Waals surface area contributed by atoms with Crippen LogP contribution in [0, 0.1) is 0 Å². The van der Waals surface area contributed by atoms with Crippen molar-refractivity contribution >= 4 is 0 Å². The van der Waals surface area contributed by atoms with Crippen LogP contribution < -0.4 is 5.32 Å². The van der Waals surface area contributed by atoms with Gasteiger partial charge in [0.15, 0.2) is 0 Å². The lowest BCUT2D eigenvalue weighted by atomic mass is 10.2. The highest BCUT2D eigenvalue weighted by molar-refractivity contribution is 5.00. The highest BCUT2D eigenvalue weighted by atomic mass is 16.6. The molecule has 0 radical (unpaired) electrons. The molecule has 0 spiro atoms. The molecule has 7 nitrogen and oxygen atoms in total. The van der Waals surface area contributed by atoms with E-state index in [1.807, 2.05) is 0 Å². The number of nitrogens with one attached hydrogen (secondary N) is 1. The summed E-state index contributed by atoms with van der Waals surface area (Å²) >= 11 is 0. The van der Waals surface area contributed by atoms with E-state index >= 15 is 0 Å². The van der Waals surface area contributed by atoms with Gasteiger partial charge in [-0.15, -0.1) is 0 Å². The zero-order valence-electron chi connectivity index (χ0n) is 8.50. The highest BCUT2D eigenvalue weighted by Crippen LogP contribution is 2.24. The maximum atomic E-state index is 9.64. The van der Waals surface area contributed by atoms with E-state index in [0.29, 0.717) is 5.76 Å². The van der Waals surface area contributed by atoms with Gasteiger partial charge in [0.1, 0.15) is 5.76 Å². The smallest absolute Gasteiger partial charge is 0.298 e. The molecule has 16 heavy (non-hydrogen) atoms. The minimum Gasteiger partial charge on any atom is -0.468 e. The number of furan rings is 1. The molecular formula is C9H14N2O5. The summed E-state index contributed by atoms with van der Waals surface area (Å²) in [4.78, 5) is 1.10. The monoisotopic (exact) mass is 230 g/mol. The largest absolute Gasteiger partial charge is 0.468 e. The Balaban J connectivity index is 2.15. The topological polar surface area (TPSA) is 109 Å². The van der Waals surface area contributed by atoms with Crippen LogP contribution in [0.4, 0.5) is 0 Å². The summed E-state index contributed by atoms with van der Waals surface area (Å²) in [6.45, 7) is 0.539. The number of rotatable bonds is 2. The van der Waals surface area contributed by atoms with Gasteiger partial charge in [0.2, 0.25) is 0 Å². The third-order valence-corrected chi connectivity index (χ3v) is 2.59. The van der Waals surface area contributed by atoms with Crippen LogP contribution in [-0.4, -0.2) is 50.2 Å². The first-order valence-electron chi connectivity index (χ1n) is 4.85. The van der Waals surface area contributed by atoms with Crippen LogP contribution in [0.1, 0.15) is 5.76 Å². The maximum absolute atomic E-state index is 9.64. The van der Waals surface area contributed by atoms with Crippen molar-refractivity contribution in [2.45, 2.75) is 18.4 Å². The van der Waals surface area contributed by atoms with Crippen LogP contribution in [0.15, 0.2) is 22.8 Å². The quantitative estimate of drug-likeness (QED) is 0.372. The number of aliphatic hydroxyl groups is 4. The first-order chi connectivity index (χ1) is 7.43. The molecule has 2 rings (SSSR count). The van der Waals surface area contributed by atoms with Crippen LogP contribution >= 0.6 is 0 Å². The van der Waals surface area contributed by atoms with Crippen LogP contribution in [0.2, 0.25) is 0 Å². The van der Waals surface area contributed by atoms with E-state index in [1.165, 1.54) is 6.26 Å². The summed E-state index contributed by atoms with van der Waals surface area (Å²) in [7, 11) is 0. The number of hydrogen-bond donors (Lipinski definition) is 5. The average molecular weight is 230 g/mol. The molecule has 0 aliphatic carbocycles. The molecule has 5 N–H and O–H groups in total. The molecule has 0 amide bonds. The summed E-state index contributed by atoms with van der Waals surface area (Å²) in [5, 5.41) is 40.2. The van der Waals surface area contributed by atoms with Gasteiger partial charge in [0.25, 0.3) is 11.8 Å². The van der Waals surface area contributed by atoms with Crippen molar-refractivity contribution < 1.29 is 24.8 Å². The van der Waals surface area contributed by atoms with Gasteiger partial charge in [-0.25, -0.2) is 4.90 Å². The van der Waals surface area contributed by atoms with Crippen molar-refractivity contribution in [2.75, 3.05) is 13.1 Å². The van der Waals surface area contributed by atoms with Gasteiger partial charge >= 0.3 is 0 Å². The van der Waals surface area contributed by atoms with Gasteiger partial charge in [0, 0.05) is 13.1 Å². The van der Waals surface area contributed by atoms with Crippen LogP contribution in [0.3, 0.4) is 0 Å². The van der Waals surface area contributed by atoms with E-state index in [2.05, 4.69) is 5.32 Å².